The average Bonchev–Trinajstić information content (AvgIpc) is 2.91. The summed E-state index contributed by atoms with van der Waals surface area (Å²) in [5.74, 6) is -0.144. The highest BCUT2D eigenvalue weighted by atomic mass is 19.3. The molecule has 136 valence electrons. The Labute approximate surface area is 148 Å². The van der Waals surface area contributed by atoms with E-state index in [1.54, 1.807) is 13.0 Å². The van der Waals surface area contributed by atoms with E-state index in [0.29, 0.717) is 16.9 Å². The van der Waals surface area contributed by atoms with Crippen LogP contribution >= 0.6 is 0 Å². The van der Waals surface area contributed by atoms with Gasteiger partial charge in [-0.1, -0.05) is 11.6 Å². The molecule has 1 N–H and O–H groups in total. The predicted molar refractivity (Wildman–Crippen MR) is 93.3 cm³/mol. The largest absolute Gasteiger partial charge is 0.495 e. The topological polar surface area (TPSA) is 60.7 Å². The standard InChI is InChI=1S/C19H17F2NO4/c1-10-4-6-15-13(8-10)11(2)17(26-15)18(23)22-14-9-12(25-19(20)21)5-7-16(14)24-3/h4-9,19H,1-3H3,(H,22,23). The second-order valence-corrected chi connectivity index (χ2v) is 5.75. The van der Waals surface area contributed by atoms with Crippen molar-refractivity contribution in [1.82, 2.24) is 0 Å². The normalized spacial score (nSPS) is 11.0. The van der Waals surface area contributed by atoms with Crippen LogP contribution in [0.5, 0.6) is 11.5 Å². The predicted octanol–water partition coefficient (Wildman–Crippen LogP) is 4.91. The van der Waals surface area contributed by atoms with Gasteiger partial charge < -0.3 is 19.2 Å². The van der Waals surface area contributed by atoms with Gasteiger partial charge in [0, 0.05) is 17.0 Å². The second kappa shape index (κ2) is 7.03. The van der Waals surface area contributed by atoms with E-state index >= 15 is 0 Å². The third kappa shape index (κ3) is 3.46. The number of anilines is 1. The first kappa shape index (κ1) is 17.7. The SMILES string of the molecule is COc1ccc(OC(F)F)cc1NC(=O)c1oc2ccc(C)cc2c1C. The lowest BCUT2D eigenvalue weighted by molar-refractivity contribution is -0.0498. The van der Waals surface area contributed by atoms with Crippen LogP contribution in [0.3, 0.4) is 0 Å². The fourth-order valence-electron chi connectivity index (χ4n) is 2.69. The average molecular weight is 361 g/mol. The molecule has 1 heterocycles. The summed E-state index contributed by atoms with van der Waals surface area (Å²) in [7, 11) is 1.41. The van der Waals surface area contributed by atoms with Gasteiger partial charge in [0.05, 0.1) is 12.8 Å². The fraction of sp³-hybridized carbons (Fsp3) is 0.211. The van der Waals surface area contributed by atoms with Crippen LogP contribution in [-0.2, 0) is 0 Å². The van der Waals surface area contributed by atoms with E-state index in [1.165, 1.54) is 25.3 Å². The lowest BCUT2D eigenvalue weighted by Gasteiger charge is -2.12. The first-order valence-corrected chi connectivity index (χ1v) is 7.83. The summed E-state index contributed by atoms with van der Waals surface area (Å²) < 4.78 is 40.0. The van der Waals surface area contributed by atoms with E-state index in [0.717, 1.165) is 10.9 Å². The number of fused-ring (bicyclic) bond motifs is 1. The Morgan fingerprint density at radius 1 is 1.15 bits per heavy atom. The van der Waals surface area contributed by atoms with Gasteiger partial charge in [-0.2, -0.15) is 8.78 Å². The van der Waals surface area contributed by atoms with Crippen LogP contribution in [0.4, 0.5) is 14.5 Å². The minimum Gasteiger partial charge on any atom is -0.495 e. The molecule has 0 saturated heterocycles. The van der Waals surface area contributed by atoms with Crippen molar-refractivity contribution < 1.29 is 27.5 Å². The summed E-state index contributed by atoms with van der Waals surface area (Å²) in [5.41, 5.74) is 2.54. The first-order valence-electron chi connectivity index (χ1n) is 7.83. The molecule has 1 amide bonds. The van der Waals surface area contributed by atoms with Gasteiger partial charge >= 0.3 is 6.61 Å². The van der Waals surface area contributed by atoms with Crippen LogP contribution in [0.1, 0.15) is 21.7 Å². The molecule has 7 heteroatoms. The molecule has 5 nitrogen and oxygen atoms in total. The monoisotopic (exact) mass is 361 g/mol. The van der Waals surface area contributed by atoms with E-state index < -0.39 is 12.5 Å². The summed E-state index contributed by atoms with van der Waals surface area (Å²) >= 11 is 0. The quantitative estimate of drug-likeness (QED) is 0.701. The molecule has 0 fully saturated rings. The van der Waals surface area contributed by atoms with E-state index in [9.17, 15) is 13.6 Å². The molecule has 3 aromatic rings. The van der Waals surface area contributed by atoms with Crippen molar-refractivity contribution in [2.75, 3.05) is 12.4 Å². The zero-order valence-corrected chi connectivity index (χ0v) is 14.4. The Morgan fingerprint density at radius 3 is 2.62 bits per heavy atom. The Hall–Kier alpha value is -3.09. The maximum Gasteiger partial charge on any atom is 0.387 e. The number of hydrogen-bond donors (Lipinski definition) is 1. The fourth-order valence-corrected chi connectivity index (χ4v) is 2.69. The van der Waals surface area contributed by atoms with Gasteiger partial charge in [0.15, 0.2) is 5.76 Å². The maximum absolute atomic E-state index is 12.6. The summed E-state index contributed by atoms with van der Waals surface area (Å²) in [6.07, 6.45) is 0. The molecule has 26 heavy (non-hydrogen) atoms. The molecule has 0 aliphatic rings. The lowest BCUT2D eigenvalue weighted by atomic mass is 10.1. The first-order chi connectivity index (χ1) is 12.4. The van der Waals surface area contributed by atoms with Gasteiger partial charge in [0.1, 0.15) is 17.1 Å². The summed E-state index contributed by atoms with van der Waals surface area (Å²) in [4.78, 5) is 12.6. The number of methoxy groups -OCH3 is 1. The van der Waals surface area contributed by atoms with E-state index in [-0.39, 0.29) is 17.2 Å². The number of benzene rings is 2. The molecular weight excluding hydrogens is 344 g/mol. The highest BCUT2D eigenvalue weighted by Crippen LogP contribution is 2.32. The number of nitrogens with one attached hydrogen (secondary N) is 1. The molecule has 2 aromatic carbocycles. The second-order valence-electron chi connectivity index (χ2n) is 5.75. The third-order valence-corrected chi connectivity index (χ3v) is 3.94. The van der Waals surface area contributed by atoms with Crippen LogP contribution in [0, 0.1) is 13.8 Å². The van der Waals surface area contributed by atoms with Gasteiger partial charge in [-0.05, 0) is 38.1 Å². The molecular formula is C19H17F2NO4. The highest BCUT2D eigenvalue weighted by Gasteiger charge is 2.20. The molecule has 0 atom stereocenters. The summed E-state index contributed by atoms with van der Waals surface area (Å²) in [6, 6.07) is 9.65. The number of ether oxygens (including phenoxy) is 2. The zero-order valence-electron chi connectivity index (χ0n) is 14.4. The molecule has 1 aromatic heterocycles. The number of aryl methyl sites for hydroxylation is 2. The number of carbonyl (C=O) groups is 1. The smallest absolute Gasteiger partial charge is 0.387 e. The third-order valence-electron chi connectivity index (χ3n) is 3.94. The minimum absolute atomic E-state index is 0.0898. The number of furan rings is 1. The van der Waals surface area contributed by atoms with Gasteiger partial charge in [-0.25, -0.2) is 0 Å². The Balaban J connectivity index is 1.93. The molecule has 0 aliphatic carbocycles. The van der Waals surface area contributed by atoms with Crippen molar-refractivity contribution in [1.29, 1.82) is 0 Å². The van der Waals surface area contributed by atoms with Crippen molar-refractivity contribution in [3.8, 4) is 11.5 Å². The molecule has 0 radical (unpaired) electrons. The van der Waals surface area contributed by atoms with Gasteiger partial charge in [0.2, 0.25) is 0 Å². The Kier molecular flexibility index (Phi) is 4.79. The van der Waals surface area contributed by atoms with Crippen LogP contribution in [0.2, 0.25) is 0 Å². The van der Waals surface area contributed by atoms with Crippen LogP contribution in [-0.4, -0.2) is 19.6 Å². The zero-order chi connectivity index (χ0) is 18.8. The van der Waals surface area contributed by atoms with Gasteiger partial charge in [0.25, 0.3) is 5.91 Å². The molecule has 0 aliphatic heterocycles. The highest BCUT2D eigenvalue weighted by molar-refractivity contribution is 6.07. The molecule has 0 unspecified atom stereocenters. The number of rotatable bonds is 5. The summed E-state index contributed by atoms with van der Waals surface area (Å²) in [6.45, 7) is 0.770. The maximum atomic E-state index is 12.6. The van der Waals surface area contributed by atoms with Crippen LogP contribution in [0.15, 0.2) is 40.8 Å². The molecule has 0 bridgehead atoms. The molecule has 0 saturated carbocycles. The summed E-state index contributed by atoms with van der Waals surface area (Å²) in [5, 5.41) is 3.47. The van der Waals surface area contributed by atoms with E-state index in [4.69, 9.17) is 9.15 Å². The van der Waals surface area contributed by atoms with Crippen molar-refractivity contribution in [2.24, 2.45) is 0 Å². The number of amides is 1. The van der Waals surface area contributed by atoms with E-state index in [1.807, 2.05) is 19.1 Å². The molecule has 0 spiro atoms. The van der Waals surface area contributed by atoms with Crippen LogP contribution in [0.25, 0.3) is 11.0 Å². The lowest BCUT2D eigenvalue weighted by Crippen LogP contribution is -2.13. The minimum atomic E-state index is -2.96. The Bertz CT molecular complexity index is 966. The van der Waals surface area contributed by atoms with Crippen molar-refractivity contribution in [3.05, 3.63) is 53.3 Å². The van der Waals surface area contributed by atoms with Crippen molar-refractivity contribution in [2.45, 2.75) is 20.5 Å². The van der Waals surface area contributed by atoms with Crippen LogP contribution < -0.4 is 14.8 Å². The number of alkyl halides is 2. The van der Waals surface area contributed by atoms with Crippen molar-refractivity contribution >= 4 is 22.6 Å². The van der Waals surface area contributed by atoms with Gasteiger partial charge in [-0.15, -0.1) is 0 Å². The number of carbonyl (C=O) groups excluding carboxylic acids is 1. The number of hydrogen-bond acceptors (Lipinski definition) is 4. The van der Waals surface area contributed by atoms with Crippen molar-refractivity contribution in [3.63, 3.8) is 0 Å². The number of halogens is 2. The molecule has 3 rings (SSSR count). The van der Waals surface area contributed by atoms with E-state index in [2.05, 4.69) is 10.1 Å². The Morgan fingerprint density at radius 2 is 1.92 bits per heavy atom. The van der Waals surface area contributed by atoms with Gasteiger partial charge in [-0.3, -0.25) is 4.79 Å².